The van der Waals surface area contributed by atoms with Crippen molar-refractivity contribution in [3.05, 3.63) is 18.0 Å². The summed E-state index contributed by atoms with van der Waals surface area (Å²) in [6.45, 7) is 3.85. The van der Waals surface area contributed by atoms with E-state index in [0.717, 1.165) is 5.69 Å². The molecule has 0 radical (unpaired) electrons. The van der Waals surface area contributed by atoms with Crippen LogP contribution in [0.4, 0.5) is 0 Å². The molecule has 0 bridgehead atoms. The Labute approximate surface area is 77.7 Å². The second-order valence-electron chi connectivity index (χ2n) is 3.91. The Balaban J connectivity index is 2.28. The van der Waals surface area contributed by atoms with Crippen molar-refractivity contribution >= 4 is 5.78 Å². The van der Waals surface area contributed by atoms with Crippen LogP contribution in [0.5, 0.6) is 0 Å². The highest BCUT2D eigenvalue weighted by molar-refractivity contribution is 5.95. The standard InChI is InChI=1S/C10H14N2O/c1-7(2)10(13)9-5-6-11-12(9)8-3-4-8/h5-8H,3-4H2,1-2H3. The summed E-state index contributed by atoms with van der Waals surface area (Å²) in [6, 6.07) is 2.31. The topological polar surface area (TPSA) is 34.9 Å². The van der Waals surface area contributed by atoms with Crippen molar-refractivity contribution in [2.24, 2.45) is 5.92 Å². The predicted molar refractivity (Wildman–Crippen MR) is 49.7 cm³/mol. The average Bonchev–Trinajstić information content (AvgIpc) is 2.83. The maximum absolute atomic E-state index is 11.7. The maximum Gasteiger partial charge on any atom is 0.183 e. The number of nitrogens with zero attached hydrogens (tertiary/aromatic N) is 2. The van der Waals surface area contributed by atoms with Gasteiger partial charge in [0.1, 0.15) is 5.69 Å². The quantitative estimate of drug-likeness (QED) is 0.664. The third-order valence-electron chi connectivity index (χ3n) is 2.34. The van der Waals surface area contributed by atoms with Gasteiger partial charge >= 0.3 is 0 Å². The van der Waals surface area contributed by atoms with Crippen molar-refractivity contribution in [2.45, 2.75) is 32.7 Å². The molecule has 0 spiro atoms. The van der Waals surface area contributed by atoms with Crippen LogP contribution in [0.15, 0.2) is 12.3 Å². The first-order valence-electron chi connectivity index (χ1n) is 4.78. The lowest BCUT2D eigenvalue weighted by Crippen LogP contribution is -2.14. The summed E-state index contributed by atoms with van der Waals surface area (Å²) >= 11 is 0. The summed E-state index contributed by atoms with van der Waals surface area (Å²) in [6.07, 6.45) is 4.05. The molecular weight excluding hydrogens is 164 g/mol. The van der Waals surface area contributed by atoms with Gasteiger partial charge in [0.05, 0.1) is 6.04 Å². The Morgan fingerprint density at radius 3 is 2.85 bits per heavy atom. The molecule has 1 aliphatic carbocycles. The first-order chi connectivity index (χ1) is 6.20. The van der Waals surface area contributed by atoms with Gasteiger partial charge in [-0.25, -0.2) is 0 Å². The summed E-state index contributed by atoms with van der Waals surface area (Å²) < 4.78 is 1.88. The van der Waals surface area contributed by atoms with Gasteiger partial charge < -0.3 is 0 Å². The Kier molecular flexibility index (Phi) is 1.94. The summed E-state index contributed by atoms with van der Waals surface area (Å²) in [7, 11) is 0. The number of ketones is 1. The van der Waals surface area contributed by atoms with E-state index in [1.807, 2.05) is 24.6 Å². The third-order valence-corrected chi connectivity index (χ3v) is 2.34. The zero-order valence-corrected chi connectivity index (χ0v) is 8.03. The molecular formula is C10H14N2O. The molecule has 3 heteroatoms. The number of hydrogen-bond acceptors (Lipinski definition) is 2. The number of hydrogen-bond donors (Lipinski definition) is 0. The summed E-state index contributed by atoms with van der Waals surface area (Å²) in [5.74, 6) is 0.263. The lowest BCUT2D eigenvalue weighted by molar-refractivity contribution is 0.0928. The van der Waals surface area contributed by atoms with Crippen molar-refractivity contribution in [1.29, 1.82) is 0 Å². The SMILES string of the molecule is CC(C)C(=O)c1ccnn1C1CC1. The Hall–Kier alpha value is -1.12. The summed E-state index contributed by atoms with van der Waals surface area (Å²) in [5, 5.41) is 4.18. The molecule has 0 N–H and O–H groups in total. The minimum absolute atomic E-state index is 0.0641. The van der Waals surface area contributed by atoms with Gasteiger partial charge in [0, 0.05) is 12.1 Å². The monoisotopic (exact) mass is 178 g/mol. The highest BCUT2D eigenvalue weighted by Crippen LogP contribution is 2.35. The second-order valence-corrected chi connectivity index (χ2v) is 3.91. The Morgan fingerprint density at radius 1 is 1.62 bits per heavy atom. The van der Waals surface area contributed by atoms with Crippen LogP contribution >= 0.6 is 0 Å². The molecule has 1 heterocycles. The maximum atomic E-state index is 11.7. The van der Waals surface area contributed by atoms with Crippen molar-refractivity contribution in [3.8, 4) is 0 Å². The van der Waals surface area contributed by atoms with Crippen LogP contribution < -0.4 is 0 Å². The molecule has 13 heavy (non-hydrogen) atoms. The first kappa shape index (κ1) is 8.48. The Bertz CT molecular complexity index is 323. The Morgan fingerprint density at radius 2 is 2.31 bits per heavy atom. The van der Waals surface area contributed by atoms with Crippen LogP contribution in [0.3, 0.4) is 0 Å². The molecule has 0 saturated heterocycles. The van der Waals surface area contributed by atoms with Gasteiger partial charge in [0.25, 0.3) is 0 Å². The van der Waals surface area contributed by atoms with E-state index in [9.17, 15) is 4.79 Å². The largest absolute Gasteiger partial charge is 0.292 e. The van der Waals surface area contributed by atoms with Crippen molar-refractivity contribution < 1.29 is 4.79 Å². The van der Waals surface area contributed by atoms with Gasteiger partial charge in [-0.3, -0.25) is 9.48 Å². The van der Waals surface area contributed by atoms with Gasteiger partial charge in [0.2, 0.25) is 0 Å². The molecule has 0 amide bonds. The zero-order chi connectivity index (χ0) is 9.42. The fourth-order valence-corrected chi connectivity index (χ4v) is 1.42. The number of Topliss-reactive ketones (excluding diaryl/α,β-unsaturated/α-hetero) is 1. The van der Waals surface area contributed by atoms with E-state index in [-0.39, 0.29) is 11.7 Å². The molecule has 0 aliphatic heterocycles. The highest BCUT2D eigenvalue weighted by atomic mass is 16.1. The van der Waals surface area contributed by atoms with E-state index in [1.54, 1.807) is 6.20 Å². The van der Waals surface area contributed by atoms with Crippen molar-refractivity contribution in [3.63, 3.8) is 0 Å². The zero-order valence-electron chi connectivity index (χ0n) is 8.03. The molecule has 2 rings (SSSR count). The predicted octanol–water partition coefficient (Wildman–Crippen LogP) is 2.06. The van der Waals surface area contributed by atoms with Gasteiger partial charge in [-0.05, 0) is 18.9 Å². The van der Waals surface area contributed by atoms with E-state index >= 15 is 0 Å². The minimum atomic E-state index is 0.0641. The van der Waals surface area contributed by atoms with E-state index in [1.165, 1.54) is 12.8 Å². The molecule has 1 aromatic rings. The van der Waals surface area contributed by atoms with Crippen molar-refractivity contribution in [2.75, 3.05) is 0 Å². The van der Waals surface area contributed by atoms with Gasteiger partial charge in [-0.1, -0.05) is 13.8 Å². The highest BCUT2D eigenvalue weighted by Gasteiger charge is 2.28. The van der Waals surface area contributed by atoms with Gasteiger partial charge in [-0.2, -0.15) is 5.10 Å². The van der Waals surface area contributed by atoms with E-state index in [0.29, 0.717) is 6.04 Å². The first-order valence-corrected chi connectivity index (χ1v) is 4.78. The lowest BCUT2D eigenvalue weighted by atomic mass is 10.1. The van der Waals surface area contributed by atoms with Crippen LogP contribution in [0, 0.1) is 5.92 Å². The molecule has 0 unspecified atom stereocenters. The van der Waals surface area contributed by atoms with Crippen LogP contribution in [0.2, 0.25) is 0 Å². The number of carbonyl (C=O) groups excluding carboxylic acids is 1. The smallest absolute Gasteiger partial charge is 0.183 e. The van der Waals surface area contributed by atoms with Crippen LogP contribution in [-0.4, -0.2) is 15.6 Å². The normalized spacial score (nSPS) is 16.5. The third kappa shape index (κ3) is 1.50. The second kappa shape index (κ2) is 2.98. The summed E-state index contributed by atoms with van der Waals surface area (Å²) in [4.78, 5) is 11.7. The molecule has 1 aliphatic rings. The molecule has 0 atom stereocenters. The van der Waals surface area contributed by atoms with Gasteiger partial charge in [0.15, 0.2) is 5.78 Å². The molecule has 1 aromatic heterocycles. The van der Waals surface area contributed by atoms with E-state index < -0.39 is 0 Å². The lowest BCUT2D eigenvalue weighted by Gasteiger charge is -2.06. The molecule has 3 nitrogen and oxygen atoms in total. The van der Waals surface area contributed by atoms with E-state index in [4.69, 9.17) is 0 Å². The molecule has 70 valence electrons. The summed E-state index contributed by atoms with van der Waals surface area (Å²) in [5.41, 5.74) is 0.775. The van der Waals surface area contributed by atoms with Crippen LogP contribution in [0.25, 0.3) is 0 Å². The average molecular weight is 178 g/mol. The molecule has 1 saturated carbocycles. The number of carbonyl (C=O) groups is 1. The van der Waals surface area contributed by atoms with Crippen LogP contribution in [0.1, 0.15) is 43.2 Å². The molecule has 1 fully saturated rings. The van der Waals surface area contributed by atoms with Crippen molar-refractivity contribution in [1.82, 2.24) is 9.78 Å². The molecule has 0 aromatic carbocycles. The van der Waals surface area contributed by atoms with Gasteiger partial charge in [-0.15, -0.1) is 0 Å². The number of aromatic nitrogens is 2. The number of rotatable bonds is 3. The van der Waals surface area contributed by atoms with Crippen LogP contribution in [-0.2, 0) is 0 Å². The van der Waals surface area contributed by atoms with E-state index in [2.05, 4.69) is 5.10 Å². The fourth-order valence-electron chi connectivity index (χ4n) is 1.42. The fraction of sp³-hybridized carbons (Fsp3) is 0.600. The minimum Gasteiger partial charge on any atom is -0.292 e.